The Morgan fingerprint density at radius 2 is 2.04 bits per heavy atom. The van der Waals surface area contributed by atoms with Crippen LogP contribution in [0.25, 0.3) is 0 Å². The van der Waals surface area contributed by atoms with E-state index in [0.29, 0.717) is 30.3 Å². The van der Waals surface area contributed by atoms with Gasteiger partial charge in [0, 0.05) is 24.5 Å². The summed E-state index contributed by atoms with van der Waals surface area (Å²) in [5.41, 5.74) is 2.09. The number of imidazole rings is 1. The summed E-state index contributed by atoms with van der Waals surface area (Å²) in [5, 5.41) is 5.73. The maximum absolute atomic E-state index is 12.9. The van der Waals surface area contributed by atoms with Crippen LogP contribution in [0.3, 0.4) is 0 Å². The third-order valence-electron chi connectivity index (χ3n) is 4.63. The summed E-state index contributed by atoms with van der Waals surface area (Å²) in [7, 11) is 0. The van der Waals surface area contributed by atoms with Crippen LogP contribution in [0.15, 0.2) is 67.3 Å². The Morgan fingerprint density at radius 1 is 1.21 bits per heavy atom. The van der Waals surface area contributed by atoms with Gasteiger partial charge in [-0.2, -0.15) is 0 Å². The van der Waals surface area contributed by atoms with Gasteiger partial charge in [-0.25, -0.2) is 4.98 Å². The summed E-state index contributed by atoms with van der Waals surface area (Å²) in [6.45, 7) is 1.09. The molecule has 1 atom stereocenters. The minimum Gasteiger partial charge on any atom is -0.490 e. The fraction of sp³-hybridized carbons (Fsp3) is 0.190. The number of ether oxygens (including phenoxy) is 1. The number of amides is 2. The minimum atomic E-state index is -0.538. The lowest BCUT2D eigenvalue weighted by Crippen LogP contribution is -2.30. The van der Waals surface area contributed by atoms with Gasteiger partial charge >= 0.3 is 0 Å². The first kappa shape index (κ1) is 17.8. The number of benzene rings is 2. The molecule has 2 N–H and O–H groups in total. The summed E-state index contributed by atoms with van der Waals surface area (Å²) in [6.07, 6.45) is 5.42. The van der Waals surface area contributed by atoms with Gasteiger partial charge in [-0.1, -0.05) is 30.3 Å². The Labute approximate surface area is 162 Å². The maximum Gasteiger partial charge on any atom is 0.232 e. The SMILES string of the molecule is O=C1CC(C(=O)Nc2ccccc2OCCn2ccnc2)c2ccccc2N1. The van der Waals surface area contributed by atoms with Crippen LogP contribution in [0, 0.1) is 0 Å². The van der Waals surface area contributed by atoms with E-state index in [4.69, 9.17) is 4.74 Å². The second-order valence-corrected chi connectivity index (χ2v) is 6.53. The molecule has 0 aliphatic carbocycles. The van der Waals surface area contributed by atoms with Crippen LogP contribution in [0.5, 0.6) is 5.75 Å². The van der Waals surface area contributed by atoms with E-state index in [1.165, 1.54) is 0 Å². The van der Waals surface area contributed by atoms with Crippen LogP contribution in [0.2, 0.25) is 0 Å². The normalized spacial score (nSPS) is 15.4. The van der Waals surface area contributed by atoms with Crippen molar-refractivity contribution in [3.8, 4) is 5.75 Å². The molecular formula is C21H20N4O3. The van der Waals surface area contributed by atoms with E-state index < -0.39 is 5.92 Å². The minimum absolute atomic E-state index is 0.118. The van der Waals surface area contributed by atoms with E-state index in [1.807, 2.05) is 47.2 Å². The molecule has 7 nitrogen and oxygen atoms in total. The van der Waals surface area contributed by atoms with Crippen molar-refractivity contribution in [3.63, 3.8) is 0 Å². The van der Waals surface area contributed by atoms with Crippen LogP contribution in [0.1, 0.15) is 17.9 Å². The zero-order valence-corrected chi connectivity index (χ0v) is 15.2. The first-order valence-corrected chi connectivity index (χ1v) is 9.08. The zero-order chi connectivity index (χ0) is 19.3. The highest BCUT2D eigenvalue weighted by Gasteiger charge is 2.30. The molecule has 0 fully saturated rings. The topological polar surface area (TPSA) is 85.2 Å². The van der Waals surface area contributed by atoms with Gasteiger partial charge in [0.2, 0.25) is 11.8 Å². The molecule has 2 heterocycles. The third-order valence-corrected chi connectivity index (χ3v) is 4.63. The molecule has 28 heavy (non-hydrogen) atoms. The van der Waals surface area contributed by atoms with Gasteiger partial charge < -0.3 is 19.9 Å². The molecule has 1 aliphatic rings. The second kappa shape index (κ2) is 7.96. The highest BCUT2D eigenvalue weighted by molar-refractivity contribution is 6.05. The van der Waals surface area contributed by atoms with Crippen LogP contribution < -0.4 is 15.4 Å². The van der Waals surface area contributed by atoms with Crippen LogP contribution in [-0.4, -0.2) is 28.0 Å². The maximum atomic E-state index is 12.9. The first-order chi connectivity index (χ1) is 13.7. The Kier molecular flexibility index (Phi) is 5.05. The highest BCUT2D eigenvalue weighted by Crippen LogP contribution is 2.34. The molecule has 1 aliphatic heterocycles. The Hall–Kier alpha value is -3.61. The van der Waals surface area contributed by atoms with Gasteiger partial charge in [0.05, 0.1) is 24.5 Å². The standard InChI is InChI=1S/C21H20N4O3/c26-20-13-16(15-5-1-2-6-17(15)23-20)21(27)24-18-7-3-4-8-19(18)28-12-11-25-10-9-22-14-25/h1-10,14,16H,11-13H2,(H,23,26)(H,24,27). The van der Waals surface area contributed by atoms with Crippen LogP contribution >= 0.6 is 0 Å². The average Bonchev–Trinajstić information content (AvgIpc) is 3.22. The fourth-order valence-electron chi connectivity index (χ4n) is 3.24. The molecule has 1 unspecified atom stereocenters. The van der Waals surface area contributed by atoms with Crippen molar-refractivity contribution in [2.75, 3.05) is 17.2 Å². The number of anilines is 2. The third kappa shape index (κ3) is 3.88. The van der Waals surface area contributed by atoms with Gasteiger partial charge in [-0.05, 0) is 23.8 Å². The predicted molar refractivity (Wildman–Crippen MR) is 105 cm³/mol. The highest BCUT2D eigenvalue weighted by atomic mass is 16.5. The number of carbonyl (C=O) groups is 2. The quantitative estimate of drug-likeness (QED) is 0.692. The van der Waals surface area contributed by atoms with Gasteiger partial charge in [0.25, 0.3) is 0 Å². The average molecular weight is 376 g/mol. The van der Waals surface area contributed by atoms with Gasteiger partial charge in [0.1, 0.15) is 12.4 Å². The van der Waals surface area contributed by atoms with E-state index in [9.17, 15) is 9.59 Å². The van der Waals surface area contributed by atoms with Crippen molar-refractivity contribution in [3.05, 3.63) is 72.8 Å². The fourth-order valence-corrected chi connectivity index (χ4v) is 3.24. The number of para-hydroxylation sites is 3. The lowest BCUT2D eigenvalue weighted by Gasteiger charge is -2.25. The molecule has 2 aromatic carbocycles. The number of rotatable bonds is 6. The number of fused-ring (bicyclic) bond motifs is 1. The van der Waals surface area contributed by atoms with E-state index >= 15 is 0 Å². The van der Waals surface area contributed by atoms with Gasteiger partial charge in [-0.15, -0.1) is 0 Å². The summed E-state index contributed by atoms with van der Waals surface area (Å²) >= 11 is 0. The zero-order valence-electron chi connectivity index (χ0n) is 15.2. The number of hydrogen-bond donors (Lipinski definition) is 2. The van der Waals surface area contributed by atoms with Gasteiger partial charge in [-0.3, -0.25) is 9.59 Å². The Morgan fingerprint density at radius 3 is 2.89 bits per heavy atom. The molecule has 1 aromatic heterocycles. The molecule has 0 radical (unpaired) electrons. The largest absolute Gasteiger partial charge is 0.490 e. The smallest absolute Gasteiger partial charge is 0.232 e. The molecule has 4 rings (SSSR count). The number of nitrogens with one attached hydrogen (secondary N) is 2. The summed E-state index contributed by atoms with van der Waals surface area (Å²) in [6, 6.07) is 14.7. The summed E-state index contributed by atoms with van der Waals surface area (Å²) in [5.74, 6) is -0.342. The molecule has 0 bridgehead atoms. The molecule has 142 valence electrons. The predicted octanol–water partition coefficient (Wildman–Crippen LogP) is 3.03. The Balaban J connectivity index is 1.47. The number of aromatic nitrogens is 2. The van der Waals surface area contributed by atoms with Crippen LogP contribution in [-0.2, 0) is 16.1 Å². The molecule has 3 aromatic rings. The van der Waals surface area contributed by atoms with E-state index in [2.05, 4.69) is 15.6 Å². The number of hydrogen-bond acceptors (Lipinski definition) is 4. The summed E-state index contributed by atoms with van der Waals surface area (Å²) in [4.78, 5) is 28.9. The lowest BCUT2D eigenvalue weighted by molar-refractivity contribution is -0.123. The number of nitrogens with zero attached hydrogens (tertiary/aromatic N) is 2. The van der Waals surface area contributed by atoms with Crippen molar-refractivity contribution in [1.82, 2.24) is 9.55 Å². The summed E-state index contributed by atoms with van der Waals surface area (Å²) < 4.78 is 7.76. The molecule has 2 amide bonds. The molecular weight excluding hydrogens is 356 g/mol. The Bertz CT molecular complexity index is 985. The van der Waals surface area contributed by atoms with Crippen molar-refractivity contribution >= 4 is 23.2 Å². The molecule has 0 saturated heterocycles. The van der Waals surface area contributed by atoms with E-state index in [0.717, 1.165) is 5.56 Å². The number of carbonyl (C=O) groups excluding carboxylic acids is 2. The van der Waals surface area contributed by atoms with E-state index in [1.54, 1.807) is 24.7 Å². The monoisotopic (exact) mass is 376 g/mol. The molecule has 0 spiro atoms. The first-order valence-electron chi connectivity index (χ1n) is 9.08. The van der Waals surface area contributed by atoms with Crippen LogP contribution in [0.4, 0.5) is 11.4 Å². The lowest BCUT2D eigenvalue weighted by atomic mass is 9.90. The van der Waals surface area contributed by atoms with Gasteiger partial charge in [0.15, 0.2) is 0 Å². The van der Waals surface area contributed by atoms with Crippen molar-refractivity contribution in [2.45, 2.75) is 18.9 Å². The molecule has 7 heteroatoms. The second-order valence-electron chi connectivity index (χ2n) is 6.53. The van der Waals surface area contributed by atoms with Crippen molar-refractivity contribution in [1.29, 1.82) is 0 Å². The molecule has 0 saturated carbocycles. The van der Waals surface area contributed by atoms with E-state index in [-0.39, 0.29) is 18.2 Å². The van der Waals surface area contributed by atoms with Crippen molar-refractivity contribution in [2.24, 2.45) is 0 Å². The van der Waals surface area contributed by atoms with Crippen molar-refractivity contribution < 1.29 is 14.3 Å².